The van der Waals surface area contributed by atoms with E-state index < -0.39 is 17.4 Å². The SMILES string of the molecule is CC(C)c1ccc(C2(C)NC(=O)C(C(=O)Nc3ccc(C4CCCCC4)cc3)=C2O)cc1. The van der Waals surface area contributed by atoms with Crippen molar-refractivity contribution in [2.75, 3.05) is 5.32 Å². The smallest absolute Gasteiger partial charge is 0.264 e. The number of benzene rings is 2. The first-order valence-corrected chi connectivity index (χ1v) is 11.6. The second kappa shape index (κ2) is 8.81. The molecule has 1 aliphatic carbocycles. The van der Waals surface area contributed by atoms with Crippen LogP contribution in [-0.2, 0) is 15.1 Å². The molecule has 1 saturated carbocycles. The average Bonchev–Trinajstić information content (AvgIpc) is 3.03. The summed E-state index contributed by atoms with van der Waals surface area (Å²) in [6.45, 7) is 5.93. The Hall–Kier alpha value is -3.08. The Morgan fingerprint density at radius 3 is 2.25 bits per heavy atom. The van der Waals surface area contributed by atoms with Crippen LogP contribution in [-0.4, -0.2) is 16.9 Å². The van der Waals surface area contributed by atoms with Crippen LogP contribution < -0.4 is 10.6 Å². The molecule has 32 heavy (non-hydrogen) atoms. The fraction of sp³-hybridized carbons (Fsp3) is 0.407. The molecule has 2 aromatic rings. The molecule has 1 atom stereocenters. The highest BCUT2D eigenvalue weighted by atomic mass is 16.3. The Balaban J connectivity index is 1.52. The molecule has 1 heterocycles. The van der Waals surface area contributed by atoms with E-state index in [2.05, 4.69) is 36.6 Å². The monoisotopic (exact) mass is 432 g/mol. The van der Waals surface area contributed by atoms with Crippen molar-refractivity contribution in [3.05, 3.63) is 76.6 Å². The van der Waals surface area contributed by atoms with Crippen molar-refractivity contribution < 1.29 is 14.7 Å². The molecule has 2 amide bonds. The predicted octanol–water partition coefficient (Wildman–Crippen LogP) is 5.65. The third kappa shape index (κ3) is 4.16. The molecule has 1 aliphatic heterocycles. The number of amides is 2. The molecule has 0 bridgehead atoms. The largest absolute Gasteiger partial charge is 0.508 e. The molecular formula is C27H32N2O3. The molecule has 1 fully saturated rings. The van der Waals surface area contributed by atoms with Crippen molar-refractivity contribution in [1.29, 1.82) is 0 Å². The van der Waals surface area contributed by atoms with Gasteiger partial charge in [-0.3, -0.25) is 9.59 Å². The number of carbonyl (C=O) groups is 2. The summed E-state index contributed by atoms with van der Waals surface area (Å²) in [5.41, 5.74) is 2.42. The number of anilines is 1. The topological polar surface area (TPSA) is 78.4 Å². The van der Waals surface area contributed by atoms with Crippen LogP contribution in [0.1, 0.15) is 81.4 Å². The molecule has 0 aromatic heterocycles. The zero-order valence-corrected chi connectivity index (χ0v) is 19.1. The molecule has 0 radical (unpaired) electrons. The summed E-state index contributed by atoms with van der Waals surface area (Å²) < 4.78 is 0. The zero-order chi connectivity index (χ0) is 22.9. The molecule has 4 rings (SSSR count). The van der Waals surface area contributed by atoms with Crippen LogP contribution in [0, 0.1) is 0 Å². The van der Waals surface area contributed by atoms with Crippen molar-refractivity contribution >= 4 is 17.5 Å². The van der Waals surface area contributed by atoms with E-state index in [9.17, 15) is 14.7 Å². The molecule has 0 saturated heterocycles. The van der Waals surface area contributed by atoms with E-state index >= 15 is 0 Å². The van der Waals surface area contributed by atoms with Crippen molar-refractivity contribution in [3.63, 3.8) is 0 Å². The van der Waals surface area contributed by atoms with Gasteiger partial charge in [0, 0.05) is 5.69 Å². The Labute approximate surface area is 189 Å². The lowest BCUT2D eigenvalue weighted by molar-refractivity contribution is -0.121. The summed E-state index contributed by atoms with van der Waals surface area (Å²) in [6.07, 6.45) is 6.27. The summed E-state index contributed by atoms with van der Waals surface area (Å²) >= 11 is 0. The molecule has 5 heteroatoms. The average molecular weight is 433 g/mol. The summed E-state index contributed by atoms with van der Waals surface area (Å²) in [7, 11) is 0. The minimum Gasteiger partial charge on any atom is -0.508 e. The van der Waals surface area contributed by atoms with Gasteiger partial charge in [-0.2, -0.15) is 0 Å². The predicted molar refractivity (Wildman–Crippen MR) is 127 cm³/mol. The van der Waals surface area contributed by atoms with Crippen LogP contribution in [0.15, 0.2) is 59.9 Å². The van der Waals surface area contributed by atoms with E-state index in [1.807, 2.05) is 36.4 Å². The maximum absolute atomic E-state index is 12.9. The number of aliphatic hydroxyl groups is 1. The molecule has 1 unspecified atom stereocenters. The summed E-state index contributed by atoms with van der Waals surface area (Å²) in [5, 5.41) is 16.5. The Morgan fingerprint density at radius 2 is 1.66 bits per heavy atom. The van der Waals surface area contributed by atoms with Crippen LogP contribution >= 0.6 is 0 Å². The van der Waals surface area contributed by atoms with Gasteiger partial charge in [-0.1, -0.05) is 69.5 Å². The normalized spacial score (nSPS) is 21.7. The number of hydrogen-bond acceptors (Lipinski definition) is 3. The molecule has 2 aromatic carbocycles. The summed E-state index contributed by atoms with van der Waals surface area (Å²) in [5.74, 6) is -0.466. The van der Waals surface area contributed by atoms with E-state index in [1.165, 1.54) is 43.2 Å². The summed E-state index contributed by atoms with van der Waals surface area (Å²) in [4.78, 5) is 25.5. The van der Waals surface area contributed by atoms with Gasteiger partial charge >= 0.3 is 0 Å². The van der Waals surface area contributed by atoms with Gasteiger partial charge in [-0.05, 0) is 60.4 Å². The van der Waals surface area contributed by atoms with Crippen molar-refractivity contribution in [2.45, 2.75) is 70.3 Å². The molecule has 5 nitrogen and oxygen atoms in total. The minimum atomic E-state index is -1.13. The van der Waals surface area contributed by atoms with Crippen LogP contribution in [0.3, 0.4) is 0 Å². The van der Waals surface area contributed by atoms with Gasteiger partial charge in [-0.25, -0.2) is 0 Å². The van der Waals surface area contributed by atoms with Gasteiger partial charge in [0.1, 0.15) is 16.9 Å². The van der Waals surface area contributed by atoms with Gasteiger partial charge in [0.25, 0.3) is 11.8 Å². The maximum atomic E-state index is 12.9. The highest BCUT2D eigenvalue weighted by Gasteiger charge is 2.45. The molecule has 2 aliphatic rings. The Bertz CT molecular complexity index is 1030. The van der Waals surface area contributed by atoms with E-state index in [4.69, 9.17) is 0 Å². The number of aliphatic hydroxyl groups excluding tert-OH is 1. The first kappa shape index (κ1) is 22.1. The van der Waals surface area contributed by atoms with Gasteiger partial charge in [0.15, 0.2) is 0 Å². The Morgan fingerprint density at radius 1 is 1.03 bits per heavy atom. The first-order valence-electron chi connectivity index (χ1n) is 11.6. The molecule has 168 valence electrons. The third-order valence-corrected chi connectivity index (χ3v) is 6.93. The van der Waals surface area contributed by atoms with Gasteiger partial charge in [-0.15, -0.1) is 0 Å². The summed E-state index contributed by atoms with van der Waals surface area (Å²) in [6, 6.07) is 15.6. The number of rotatable bonds is 5. The van der Waals surface area contributed by atoms with Gasteiger partial charge < -0.3 is 15.7 Å². The molecule has 0 spiro atoms. The quantitative estimate of drug-likeness (QED) is 0.534. The van der Waals surface area contributed by atoms with Gasteiger partial charge in [0.05, 0.1) is 0 Å². The first-order chi connectivity index (χ1) is 15.3. The van der Waals surface area contributed by atoms with E-state index in [1.54, 1.807) is 6.92 Å². The standard InChI is InChI=1S/C27H32N2O3/c1-17(2)18-9-13-21(14-10-18)27(3)24(30)23(26(32)29-27)25(31)28-22-15-11-20(12-16-22)19-7-5-4-6-8-19/h9-17,19,30H,4-8H2,1-3H3,(H,28,31)(H,29,32). The number of hydrogen-bond donors (Lipinski definition) is 3. The van der Waals surface area contributed by atoms with Crippen LogP contribution in [0.4, 0.5) is 5.69 Å². The van der Waals surface area contributed by atoms with Crippen LogP contribution in [0.2, 0.25) is 0 Å². The maximum Gasteiger partial charge on any atom is 0.264 e. The number of nitrogens with one attached hydrogen (secondary N) is 2. The minimum absolute atomic E-state index is 0.239. The fourth-order valence-electron chi connectivity index (χ4n) is 4.80. The highest BCUT2D eigenvalue weighted by Crippen LogP contribution is 2.36. The fourth-order valence-corrected chi connectivity index (χ4v) is 4.80. The van der Waals surface area contributed by atoms with Crippen molar-refractivity contribution in [1.82, 2.24) is 5.32 Å². The van der Waals surface area contributed by atoms with Crippen LogP contribution in [0.5, 0.6) is 0 Å². The highest BCUT2D eigenvalue weighted by molar-refractivity contribution is 6.24. The lowest BCUT2D eigenvalue weighted by Crippen LogP contribution is -2.39. The Kier molecular flexibility index (Phi) is 6.09. The number of carbonyl (C=O) groups excluding carboxylic acids is 2. The van der Waals surface area contributed by atoms with Crippen molar-refractivity contribution in [3.8, 4) is 0 Å². The third-order valence-electron chi connectivity index (χ3n) is 6.93. The lowest BCUT2D eigenvalue weighted by atomic mass is 9.84. The van der Waals surface area contributed by atoms with Crippen LogP contribution in [0.25, 0.3) is 0 Å². The van der Waals surface area contributed by atoms with Crippen molar-refractivity contribution in [2.24, 2.45) is 0 Å². The zero-order valence-electron chi connectivity index (χ0n) is 19.1. The van der Waals surface area contributed by atoms with E-state index in [-0.39, 0.29) is 11.3 Å². The second-order valence-corrected chi connectivity index (χ2v) is 9.49. The molecule has 3 N–H and O–H groups in total. The van der Waals surface area contributed by atoms with E-state index in [0.29, 0.717) is 17.5 Å². The lowest BCUT2D eigenvalue weighted by Gasteiger charge is -2.25. The van der Waals surface area contributed by atoms with E-state index in [0.717, 1.165) is 5.56 Å². The second-order valence-electron chi connectivity index (χ2n) is 9.49. The van der Waals surface area contributed by atoms with Gasteiger partial charge in [0.2, 0.25) is 0 Å². The molecular weight excluding hydrogens is 400 g/mol.